The molecule has 1 aliphatic rings. The molecule has 1 nitrogen and oxygen atoms in total. The van der Waals surface area contributed by atoms with Crippen LogP contribution in [-0.4, -0.2) is 13.6 Å². The minimum absolute atomic E-state index is 0. The number of fused-ring (bicyclic) bond motifs is 2. The Balaban J connectivity index is 0.00000147. The first-order valence-electron chi connectivity index (χ1n) is 6.90. The molecule has 0 atom stereocenters. The summed E-state index contributed by atoms with van der Waals surface area (Å²) in [7, 11) is 2.01. The van der Waals surface area contributed by atoms with Gasteiger partial charge in [0.05, 0.1) is 0 Å². The molecule has 0 spiro atoms. The summed E-state index contributed by atoms with van der Waals surface area (Å²) in [5.74, 6) is 0. The molecule has 0 amide bonds. The molecular formula is C17H20ClNS. The van der Waals surface area contributed by atoms with Crippen molar-refractivity contribution >= 4 is 29.3 Å². The van der Waals surface area contributed by atoms with E-state index in [1.165, 1.54) is 33.6 Å². The number of aryl methyl sites for hydroxylation is 2. The number of halogens is 1. The molecular weight excluding hydrogens is 286 g/mol. The number of nitrogens with one attached hydrogen (secondary N) is 1. The van der Waals surface area contributed by atoms with E-state index >= 15 is 0 Å². The van der Waals surface area contributed by atoms with E-state index in [0.29, 0.717) is 0 Å². The van der Waals surface area contributed by atoms with Crippen molar-refractivity contribution in [2.75, 3.05) is 13.6 Å². The van der Waals surface area contributed by atoms with Crippen LogP contribution in [0.25, 0.3) is 5.57 Å². The van der Waals surface area contributed by atoms with Crippen LogP contribution >= 0.6 is 23.7 Å². The van der Waals surface area contributed by atoms with Gasteiger partial charge in [0.2, 0.25) is 0 Å². The van der Waals surface area contributed by atoms with E-state index in [0.717, 1.165) is 19.4 Å². The Morgan fingerprint density at radius 1 is 1.15 bits per heavy atom. The largest absolute Gasteiger partial charge is 0.319 e. The average Bonchev–Trinajstić information content (AvgIpc) is 2.85. The van der Waals surface area contributed by atoms with Crippen LogP contribution in [0.5, 0.6) is 0 Å². The molecule has 1 aromatic heterocycles. The van der Waals surface area contributed by atoms with Crippen molar-refractivity contribution in [2.45, 2.75) is 19.3 Å². The van der Waals surface area contributed by atoms with Crippen molar-refractivity contribution in [3.05, 3.63) is 63.4 Å². The van der Waals surface area contributed by atoms with Gasteiger partial charge in [-0.15, -0.1) is 23.7 Å². The van der Waals surface area contributed by atoms with E-state index in [-0.39, 0.29) is 12.4 Å². The minimum atomic E-state index is 0. The molecule has 2 aromatic rings. The van der Waals surface area contributed by atoms with Crippen molar-refractivity contribution in [1.82, 2.24) is 5.32 Å². The van der Waals surface area contributed by atoms with Crippen LogP contribution in [0.1, 0.15) is 28.0 Å². The van der Waals surface area contributed by atoms with Crippen LogP contribution in [-0.2, 0) is 12.8 Å². The Morgan fingerprint density at radius 3 is 2.85 bits per heavy atom. The lowest BCUT2D eigenvalue weighted by molar-refractivity contribution is 0.808. The third kappa shape index (κ3) is 2.98. The van der Waals surface area contributed by atoms with E-state index in [1.807, 2.05) is 18.4 Å². The smallest absolute Gasteiger partial charge is 0.0127 e. The minimum Gasteiger partial charge on any atom is -0.319 e. The van der Waals surface area contributed by atoms with Gasteiger partial charge in [-0.05, 0) is 66.6 Å². The fraction of sp³-hybridized carbons (Fsp3) is 0.294. The molecule has 20 heavy (non-hydrogen) atoms. The van der Waals surface area contributed by atoms with Crippen molar-refractivity contribution in [3.63, 3.8) is 0 Å². The summed E-state index contributed by atoms with van der Waals surface area (Å²) in [5, 5.41) is 5.45. The quantitative estimate of drug-likeness (QED) is 0.833. The highest BCUT2D eigenvalue weighted by Gasteiger charge is 2.18. The lowest BCUT2D eigenvalue weighted by Gasteiger charge is -2.09. The van der Waals surface area contributed by atoms with E-state index in [1.54, 1.807) is 0 Å². The molecule has 0 bridgehead atoms. The van der Waals surface area contributed by atoms with Crippen LogP contribution < -0.4 is 5.32 Å². The summed E-state index contributed by atoms with van der Waals surface area (Å²) < 4.78 is 0. The Bertz CT molecular complexity index is 601. The molecule has 0 unspecified atom stereocenters. The molecule has 0 fully saturated rings. The third-order valence-corrected chi connectivity index (χ3v) is 4.69. The van der Waals surface area contributed by atoms with Gasteiger partial charge < -0.3 is 5.32 Å². The topological polar surface area (TPSA) is 12.0 Å². The molecule has 0 saturated carbocycles. The third-order valence-electron chi connectivity index (χ3n) is 3.71. The maximum absolute atomic E-state index is 3.22. The van der Waals surface area contributed by atoms with Crippen molar-refractivity contribution < 1.29 is 0 Å². The predicted molar refractivity (Wildman–Crippen MR) is 91.0 cm³/mol. The number of rotatable bonds is 3. The van der Waals surface area contributed by atoms with Gasteiger partial charge in [-0.1, -0.05) is 30.3 Å². The van der Waals surface area contributed by atoms with Crippen molar-refractivity contribution in [1.29, 1.82) is 0 Å². The highest BCUT2D eigenvalue weighted by molar-refractivity contribution is 7.10. The molecule has 1 heterocycles. The molecule has 1 aliphatic carbocycles. The standard InChI is InChI=1S/C17H19NS.ClH/c1-18-11-4-7-15-14-6-3-2-5-13(14)8-9-17-16(15)10-12-19-17;/h2-3,5-7,10,12,18H,4,8-9,11H2,1H3;1H. The zero-order valence-electron chi connectivity index (χ0n) is 11.7. The zero-order valence-corrected chi connectivity index (χ0v) is 13.3. The number of benzene rings is 1. The zero-order chi connectivity index (χ0) is 13.1. The maximum atomic E-state index is 3.22. The monoisotopic (exact) mass is 305 g/mol. The van der Waals surface area contributed by atoms with Gasteiger partial charge in [0.25, 0.3) is 0 Å². The first-order chi connectivity index (χ1) is 9.40. The number of thiophene rings is 1. The van der Waals surface area contributed by atoms with E-state index < -0.39 is 0 Å². The van der Waals surface area contributed by atoms with Crippen LogP contribution in [0, 0.1) is 0 Å². The summed E-state index contributed by atoms with van der Waals surface area (Å²) in [5.41, 5.74) is 5.79. The van der Waals surface area contributed by atoms with Gasteiger partial charge in [0, 0.05) is 4.88 Å². The Kier molecular flexibility index (Phi) is 5.41. The fourth-order valence-electron chi connectivity index (χ4n) is 2.75. The second kappa shape index (κ2) is 7.07. The van der Waals surface area contributed by atoms with Gasteiger partial charge in [-0.3, -0.25) is 0 Å². The van der Waals surface area contributed by atoms with E-state index in [9.17, 15) is 0 Å². The van der Waals surface area contributed by atoms with E-state index in [2.05, 4.69) is 47.1 Å². The van der Waals surface area contributed by atoms with Gasteiger partial charge in [0.1, 0.15) is 0 Å². The normalized spacial score (nSPS) is 15.2. The van der Waals surface area contributed by atoms with Gasteiger partial charge >= 0.3 is 0 Å². The molecule has 0 aliphatic heterocycles. The second-order valence-corrected chi connectivity index (χ2v) is 5.93. The molecule has 3 rings (SSSR count). The Morgan fingerprint density at radius 2 is 2.00 bits per heavy atom. The molecule has 0 saturated heterocycles. The highest BCUT2D eigenvalue weighted by Crippen LogP contribution is 2.36. The van der Waals surface area contributed by atoms with Gasteiger partial charge in [-0.25, -0.2) is 0 Å². The van der Waals surface area contributed by atoms with Crippen molar-refractivity contribution in [3.8, 4) is 0 Å². The summed E-state index contributed by atoms with van der Waals surface area (Å²) >= 11 is 1.90. The second-order valence-electron chi connectivity index (χ2n) is 4.92. The van der Waals surface area contributed by atoms with Crippen LogP contribution in [0.2, 0.25) is 0 Å². The fourth-order valence-corrected chi connectivity index (χ4v) is 3.64. The summed E-state index contributed by atoms with van der Waals surface area (Å²) in [6, 6.07) is 11.1. The average molecular weight is 306 g/mol. The Hall–Kier alpha value is -1.09. The molecule has 106 valence electrons. The summed E-state index contributed by atoms with van der Waals surface area (Å²) in [6.45, 7) is 1.03. The SMILES string of the molecule is CNCCC=C1c2ccccc2CCc2sccc21.Cl. The van der Waals surface area contributed by atoms with Gasteiger partial charge in [-0.2, -0.15) is 0 Å². The molecule has 1 aromatic carbocycles. The highest BCUT2D eigenvalue weighted by atomic mass is 35.5. The first kappa shape index (κ1) is 15.3. The molecule has 3 heteroatoms. The lowest BCUT2D eigenvalue weighted by Crippen LogP contribution is -2.06. The van der Waals surface area contributed by atoms with Crippen LogP contribution in [0.4, 0.5) is 0 Å². The molecule has 1 N–H and O–H groups in total. The van der Waals surface area contributed by atoms with Gasteiger partial charge in [0.15, 0.2) is 0 Å². The van der Waals surface area contributed by atoms with Crippen LogP contribution in [0.3, 0.4) is 0 Å². The molecule has 0 radical (unpaired) electrons. The predicted octanol–water partition coefficient (Wildman–Crippen LogP) is 4.31. The first-order valence-corrected chi connectivity index (χ1v) is 7.78. The summed E-state index contributed by atoms with van der Waals surface area (Å²) in [4.78, 5) is 1.53. The van der Waals surface area contributed by atoms with Crippen molar-refractivity contribution in [2.24, 2.45) is 0 Å². The number of hydrogen-bond donors (Lipinski definition) is 1. The van der Waals surface area contributed by atoms with Crippen LogP contribution in [0.15, 0.2) is 41.8 Å². The Labute approximate surface area is 131 Å². The number of hydrogen-bond acceptors (Lipinski definition) is 2. The summed E-state index contributed by atoms with van der Waals surface area (Å²) in [6.07, 6.45) is 5.81. The lowest BCUT2D eigenvalue weighted by atomic mass is 9.95. The maximum Gasteiger partial charge on any atom is 0.0127 e. The van der Waals surface area contributed by atoms with E-state index in [4.69, 9.17) is 0 Å².